The van der Waals surface area contributed by atoms with E-state index in [2.05, 4.69) is 30.3 Å². The normalized spacial score (nSPS) is 28.1. The number of benzene rings is 1. The van der Waals surface area contributed by atoms with Crippen molar-refractivity contribution < 1.29 is 0 Å². The average molecular weight is 241 g/mol. The van der Waals surface area contributed by atoms with Crippen LogP contribution in [0.3, 0.4) is 0 Å². The molecule has 2 unspecified atom stereocenters. The Kier molecular flexibility index (Phi) is 3.51. The molecule has 3 rings (SSSR count). The molecule has 1 aromatic rings. The minimum Gasteiger partial charge on any atom is -0.324 e. The highest BCUT2D eigenvalue weighted by atomic mass is 14.7. The van der Waals surface area contributed by atoms with Crippen LogP contribution in [-0.4, -0.2) is 6.04 Å². The highest BCUT2D eigenvalue weighted by Crippen LogP contribution is 2.39. The summed E-state index contributed by atoms with van der Waals surface area (Å²) in [6, 6.07) is 9.04. The van der Waals surface area contributed by atoms with Crippen LogP contribution >= 0.6 is 0 Å². The lowest BCUT2D eigenvalue weighted by Gasteiger charge is -2.36. The molecule has 18 heavy (non-hydrogen) atoms. The summed E-state index contributed by atoms with van der Waals surface area (Å²) < 4.78 is 0. The van der Waals surface area contributed by atoms with E-state index in [0.717, 1.165) is 0 Å². The van der Waals surface area contributed by atoms with Gasteiger partial charge in [-0.2, -0.15) is 0 Å². The summed E-state index contributed by atoms with van der Waals surface area (Å²) in [5.74, 6) is 0.576. The molecule has 0 fully saturated rings. The van der Waals surface area contributed by atoms with Crippen molar-refractivity contribution in [3.63, 3.8) is 0 Å². The van der Waals surface area contributed by atoms with E-state index >= 15 is 0 Å². The molecular formula is C17H23N. The summed E-state index contributed by atoms with van der Waals surface area (Å²) >= 11 is 0. The van der Waals surface area contributed by atoms with Gasteiger partial charge in [-0.25, -0.2) is 0 Å². The van der Waals surface area contributed by atoms with Crippen LogP contribution < -0.4 is 5.73 Å². The predicted octanol–water partition coefficient (Wildman–Crippen LogP) is 3.93. The third-order valence-electron chi connectivity index (χ3n) is 4.58. The van der Waals surface area contributed by atoms with E-state index in [9.17, 15) is 0 Å². The van der Waals surface area contributed by atoms with Crippen molar-refractivity contribution in [2.75, 3.05) is 0 Å². The molecule has 1 nitrogen and oxygen atoms in total. The Hall–Kier alpha value is -1.08. The lowest BCUT2D eigenvalue weighted by Crippen LogP contribution is -2.37. The molecule has 0 amide bonds. The third kappa shape index (κ3) is 2.24. The quantitative estimate of drug-likeness (QED) is 0.780. The maximum absolute atomic E-state index is 6.52. The van der Waals surface area contributed by atoms with Crippen molar-refractivity contribution in [3.05, 3.63) is 47.0 Å². The zero-order valence-corrected chi connectivity index (χ0v) is 11.1. The molecule has 1 aromatic carbocycles. The number of hydrogen-bond acceptors (Lipinski definition) is 1. The molecule has 2 aliphatic carbocycles. The molecule has 2 N–H and O–H groups in total. The molecular weight excluding hydrogens is 218 g/mol. The van der Waals surface area contributed by atoms with Crippen molar-refractivity contribution in [3.8, 4) is 0 Å². The number of allylic oxidation sites excluding steroid dienone is 1. The SMILES string of the molecule is NC(/C1=C/CCCCCC1)C1Cc2ccccc21. The van der Waals surface area contributed by atoms with Crippen molar-refractivity contribution in [1.82, 2.24) is 0 Å². The van der Waals surface area contributed by atoms with Crippen LogP contribution in [0.15, 0.2) is 35.9 Å². The van der Waals surface area contributed by atoms with Crippen molar-refractivity contribution >= 4 is 0 Å². The van der Waals surface area contributed by atoms with Gasteiger partial charge in [0.15, 0.2) is 0 Å². The molecule has 0 saturated carbocycles. The Labute approximate surface area is 110 Å². The second-order valence-corrected chi connectivity index (χ2v) is 5.77. The van der Waals surface area contributed by atoms with Crippen molar-refractivity contribution in [2.45, 2.75) is 56.9 Å². The number of nitrogens with two attached hydrogens (primary N) is 1. The number of fused-ring (bicyclic) bond motifs is 1. The van der Waals surface area contributed by atoms with E-state index in [1.807, 2.05) is 0 Å². The summed E-state index contributed by atoms with van der Waals surface area (Å²) in [6.07, 6.45) is 11.5. The first-order valence-electron chi connectivity index (χ1n) is 7.38. The first-order chi connectivity index (χ1) is 8.86. The Morgan fingerprint density at radius 2 is 1.89 bits per heavy atom. The Bertz CT molecular complexity index is 447. The lowest BCUT2D eigenvalue weighted by atomic mass is 9.71. The fourth-order valence-corrected chi connectivity index (χ4v) is 3.40. The fraction of sp³-hybridized carbons (Fsp3) is 0.529. The van der Waals surface area contributed by atoms with Crippen LogP contribution in [0.5, 0.6) is 0 Å². The van der Waals surface area contributed by atoms with Gasteiger partial charge in [0.05, 0.1) is 0 Å². The molecule has 0 aromatic heterocycles. The lowest BCUT2D eigenvalue weighted by molar-refractivity contribution is 0.501. The Morgan fingerprint density at radius 3 is 2.78 bits per heavy atom. The third-order valence-corrected chi connectivity index (χ3v) is 4.58. The van der Waals surface area contributed by atoms with Gasteiger partial charge in [-0.3, -0.25) is 0 Å². The summed E-state index contributed by atoms with van der Waals surface area (Å²) in [5.41, 5.74) is 11.0. The minimum atomic E-state index is 0.262. The molecule has 96 valence electrons. The molecule has 0 bridgehead atoms. The topological polar surface area (TPSA) is 26.0 Å². The maximum atomic E-state index is 6.52. The van der Waals surface area contributed by atoms with Gasteiger partial charge in [-0.15, -0.1) is 0 Å². The first-order valence-corrected chi connectivity index (χ1v) is 7.38. The maximum Gasteiger partial charge on any atom is 0.0326 e. The van der Waals surface area contributed by atoms with E-state index in [-0.39, 0.29) is 6.04 Å². The summed E-state index contributed by atoms with van der Waals surface area (Å²) in [5, 5.41) is 0. The molecule has 0 radical (unpaired) electrons. The van der Waals surface area contributed by atoms with E-state index in [0.29, 0.717) is 5.92 Å². The molecule has 0 saturated heterocycles. The van der Waals surface area contributed by atoms with Gasteiger partial charge in [0, 0.05) is 12.0 Å². The summed E-state index contributed by atoms with van der Waals surface area (Å²) in [6.45, 7) is 0. The zero-order chi connectivity index (χ0) is 12.4. The van der Waals surface area contributed by atoms with Crippen molar-refractivity contribution in [1.29, 1.82) is 0 Å². The van der Waals surface area contributed by atoms with Gasteiger partial charge in [0.2, 0.25) is 0 Å². The Morgan fingerprint density at radius 1 is 1.06 bits per heavy atom. The van der Waals surface area contributed by atoms with Crippen LogP contribution in [0.25, 0.3) is 0 Å². The van der Waals surface area contributed by atoms with Gasteiger partial charge in [0.25, 0.3) is 0 Å². The van der Waals surface area contributed by atoms with Gasteiger partial charge < -0.3 is 5.73 Å². The van der Waals surface area contributed by atoms with Gasteiger partial charge in [-0.1, -0.05) is 48.8 Å². The van der Waals surface area contributed by atoms with Gasteiger partial charge in [-0.05, 0) is 43.2 Å². The highest BCUT2D eigenvalue weighted by Gasteiger charge is 2.32. The second-order valence-electron chi connectivity index (χ2n) is 5.77. The second kappa shape index (κ2) is 5.27. The van der Waals surface area contributed by atoms with E-state index in [1.165, 1.54) is 61.6 Å². The van der Waals surface area contributed by atoms with E-state index < -0.39 is 0 Å². The van der Waals surface area contributed by atoms with Crippen LogP contribution in [0.1, 0.15) is 55.6 Å². The molecule has 1 heteroatoms. The molecule has 2 atom stereocenters. The summed E-state index contributed by atoms with van der Waals surface area (Å²) in [7, 11) is 0. The number of hydrogen-bond donors (Lipinski definition) is 1. The van der Waals surface area contributed by atoms with E-state index in [4.69, 9.17) is 5.73 Å². The molecule has 2 aliphatic rings. The average Bonchev–Trinajstić information content (AvgIpc) is 2.30. The molecule has 0 spiro atoms. The van der Waals surface area contributed by atoms with Gasteiger partial charge in [0.1, 0.15) is 0 Å². The highest BCUT2D eigenvalue weighted by molar-refractivity contribution is 5.43. The van der Waals surface area contributed by atoms with Crippen molar-refractivity contribution in [2.24, 2.45) is 5.73 Å². The monoisotopic (exact) mass is 241 g/mol. The minimum absolute atomic E-state index is 0.262. The van der Waals surface area contributed by atoms with Crippen LogP contribution in [0, 0.1) is 0 Å². The number of rotatable bonds is 2. The molecule has 0 heterocycles. The fourth-order valence-electron chi connectivity index (χ4n) is 3.40. The largest absolute Gasteiger partial charge is 0.324 e. The summed E-state index contributed by atoms with van der Waals surface area (Å²) in [4.78, 5) is 0. The van der Waals surface area contributed by atoms with Gasteiger partial charge >= 0.3 is 0 Å². The predicted molar refractivity (Wildman–Crippen MR) is 76.6 cm³/mol. The Balaban J connectivity index is 1.73. The standard InChI is InChI=1S/C17H23N/c18-17(13-8-4-2-1-3-5-9-13)16-12-14-10-6-7-11-15(14)16/h6-8,10-11,16-17H,1-5,9,12,18H2/b13-8+. The van der Waals surface area contributed by atoms with Crippen LogP contribution in [-0.2, 0) is 6.42 Å². The molecule has 0 aliphatic heterocycles. The first kappa shape index (κ1) is 12.0. The van der Waals surface area contributed by atoms with Crippen LogP contribution in [0.2, 0.25) is 0 Å². The smallest absolute Gasteiger partial charge is 0.0326 e. The zero-order valence-electron chi connectivity index (χ0n) is 11.1. The van der Waals surface area contributed by atoms with E-state index in [1.54, 1.807) is 0 Å². The van der Waals surface area contributed by atoms with Crippen LogP contribution in [0.4, 0.5) is 0 Å².